The summed E-state index contributed by atoms with van der Waals surface area (Å²) in [7, 11) is 0. The van der Waals surface area contributed by atoms with Crippen molar-refractivity contribution in [1.82, 2.24) is 15.2 Å². The predicted molar refractivity (Wildman–Crippen MR) is 78.0 cm³/mol. The Labute approximate surface area is 115 Å². The van der Waals surface area contributed by atoms with Gasteiger partial charge in [-0.05, 0) is 51.7 Å². The van der Waals surface area contributed by atoms with Gasteiger partial charge in [-0.3, -0.25) is 4.90 Å². The molecule has 1 unspecified atom stereocenters. The minimum Gasteiger partial charge on any atom is -0.317 e. The van der Waals surface area contributed by atoms with E-state index in [1.54, 1.807) is 11.3 Å². The number of nitrogens with one attached hydrogen (secondary N) is 1. The standard InChI is InChI=1S/C14H25N3S/c1-3-9-17(11-13-4-6-15-7-5-13)12(2)14-16-8-10-18-14/h8,10,12-13,15H,3-7,9,11H2,1-2H3. The number of hydrogen-bond donors (Lipinski definition) is 1. The molecule has 1 fully saturated rings. The van der Waals surface area contributed by atoms with Crippen LogP contribution in [-0.2, 0) is 0 Å². The lowest BCUT2D eigenvalue weighted by Gasteiger charge is -2.33. The SMILES string of the molecule is CCCN(CC1CCNCC1)C(C)c1nccs1. The molecule has 0 spiro atoms. The minimum absolute atomic E-state index is 0.472. The van der Waals surface area contributed by atoms with Crippen LogP contribution in [0.5, 0.6) is 0 Å². The second-order valence-corrected chi connectivity index (χ2v) is 6.16. The van der Waals surface area contributed by atoms with Gasteiger partial charge in [-0.1, -0.05) is 6.92 Å². The van der Waals surface area contributed by atoms with E-state index < -0.39 is 0 Å². The molecule has 0 aliphatic carbocycles. The van der Waals surface area contributed by atoms with Gasteiger partial charge in [0.25, 0.3) is 0 Å². The average Bonchev–Trinajstić information content (AvgIpc) is 2.92. The summed E-state index contributed by atoms with van der Waals surface area (Å²) in [5.41, 5.74) is 0. The van der Waals surface area contributed by atoms with Crippen LogP contribution in [0.25, 0.3) is 0 Å². The van der Waals surface area contributed by atoms with E-state index in [9.17, 15) is 0 Å². The van der Waals surface area contributed by atoms with Crippen molar-refractivity contribution >= 4 is 11.3 Å². The molecular weight excluding hydrogens is 242 g/mol. The maximum atomic E-state index is 4.48. The summed E-state index contributed by atoms with van der Waals surface area (Å²) >= 11 is 1.78. The zero-order valence-electron chi connectivity index (χ0n) is 11.6. The molecule has 1 atom stereocenters. The molecule has 0 saturated carbocycles. The highest BCUT2D eigenvalue weighted by atomic mass is 32.1. The Morgan fingerprint density at radius 1 is 1.50 bits per heavy atom. The van der Waals surface area contributed by atoms with Crippen molar-refractivity contribution < 1.29 is 0 Å². The molecular formula is C14H25N3S. The molecule has 2 rings (SSSR count). The molecule has 2 heterocycles. The molecule has 3 nitrogen and oxygen atoms in total. The van der Waals surface area contributed by atoms with Crippen molar-refractivity contribution in [3.63, 3.8) is 0 Å². The largest absolute Gasteiger partial charge is 0.317 e. The molecule has 1 saturated heterocycles. The lowest BCUT2D eigenvalue weighted by atomic mass is 9.97. The normalized spacial score (nSPS) is 19.3. The quantitative estimate of drug-likeness (QED) is 0.859. The zero-order valence-corrected chi connectivity index (χ0v) is 12.4. The third-order valence-electron chi connectivity index (χ3n) is 3.82. The molecule has 0 amide bonds. The van der Waals surface area contributed by atoms with Gasteiger partial charge in [0, 0.05) is 18.1 Å². The van der Waals surface area contributed by atoms with Crippen LogP contribution in [0, 0.1) is 5.92 Å². The summed E-state index contributed by atoms with van der Waals surface area (Å²) in [5, 5.41) is 6.79. The van der Waals surface area contributed by atoms with Crippen LogP contribution in [0.4, 0.5) is 0 Å². The number of nitrogens with zero attached hydrogens (tertiary/aromatic N) is 2. The number of rotatable bonds is 6. The molecule has 0 radical (unpaired) electrons. The first kappa shape index (κ1) is 14.0. The van der Waals surface area contributed by atoms with Gasteiger partial charge in [-0.25, -0.2) is 4.98 Å². The Kier molecular flexibility index (Phi) is 5.60. The third-order valence-corrected chi connectivity index (χ3v) is 4.76. The topological polar surface area (TPSA) is 28.2 Å². The molecule has 102 valence electrons. The predicted octanol–water partition coefficient (Wildman–Crippen LogP) is 2.92. The Morgan fingerprint density at radius 2 is 2.28 bits per heavy atom. The second kappa shape index (κ2) is 7.22. The van der Waals surface area contributed by atoms with Gasteiger partial charge < -0.3 is 5.32 Å². The third kappa shape index (κ3) is 3.77. The van der Waals surface area contributed by atoms with E-state index in [1.165, 1.54) is 50.4 Å². The van der Waals surface area contributed by atoms with Crippen molar-refractivity contribution in [2.75, 3.05) is 26.2 Å². The number of hydrogen-bond acceptors (Lipinski definition) is 4. The van der Waals surface area contributed by atoms with E-state index >= 15 is 0 Å². The fourth-order valence-electron chi connectivity index (χ4n) is 2.72. The monoisotopic (exact) mass is 267 g/mol. The van der Waals surface area contributed by atoms with Crippen molar-refractivity contribution in [3.05, 3.63) is 16.6 Å². The van der Waals surface area contributed by atoms with Crippen molar-refractivity contribution in [3.8, 4) is 0 Å². The Morgan fingerprint density at radius 3 is 2.89 bits per heavy atom. The Hall–Kier alpha value is -0.450. The average molecular weight is 267 g/mol. The summed E-state index contributed by atoms with van der Waals surface area (Å²) in [4.78, 5) is 7.10. The summed E-state index contributed by atoms with van der Waals surface area (Å²) in [6.45, 7) is 9.37. The van der Waals surface area contributed by atoms with Crippen LogP contribution in [0.1, 0.15) is 44.2 Å². The lowest BCUT2D eigenvalue weighted by molar-refractivity contribution is 0.161. The maximum Gasteiger partial charge on any atom is 0.109 e. The van der Waals surface area contributed by atoms with Gasteiger partial charge in [0.2, 0.25) is 0 Å². The van der Waals surface area contributed by atoms with Crippen molar-refractivity contribution in [2.45, 2.75) is 39.2 Å². The number of aromatic nitrogens is 1. The first-order valence-electron chi connectivity index (χ1n) is 7.15. The number of piperidine rings is 1. The summed E-state index contributed by atoms with van der Waals surface area (Å²) in [6, 6.07) is 0.472. The molecule has 0 aromatic carbocycles. The van der Waals surface area contributed by atoms with Crippen molar-refractivity contribution in [1.29, 1.82) is 0 Å². The first-order valence-corrected chi connectivity index (χ1v) is 8.03. The van der Waals surface area contributed by atoms with Gasteiger partial charge in [-0.2, -0.15) is 0 Å². The van der Waals surface area contributed by atoms with Gasteiger partial charge >= 0.3 is 0 Å². The van der Waals surface area contributed by atoms with E-state index in [0.717, 1.165) is 5.92 Å². The van der Waals surface area contributed by atoms with Crippen LogP contribution in [-0.4, -0.2) is 36.1 Å². The molecule has 1 N–H and O–H groups in total. The molecule has 18 heavy (non-hydrogen) atoms. The maximum absolute atomic E-state index is 4.48. The highest BCUT2D eigenvalue weighted by Gasteiger charge is 2.22. The second-order valence-electron chi connectivity index (χ2n) is 5.23. The fourth-order valence-corrected chi connectivity index (χ4v) is 3.45. The summed E-state index contributed by atoms with van der Waals surface area (Å²) in [5.74, 6) is 0.861. The zero-order chi connectivity index (χ0) is 12.8. The summed E-state index contributed by atoms with van der Waals surface area (Å²) < 4.78 is 0. The lowest BCUT2D eigenvalue weighted by Crippen LogP contribution is -2.37. The fraction of sp³-hybridized carbons (Fsp3) is 0.786. The van der Waals surface area contributed by atoms with E-state index in [0.29, 0.717) is 6.04 Å². The first-order chi connectivity index (χ1) is 8.81. The van der Waals surface area contributed by atoms with Crippen LogP contribution in [0.3, 0.4) is 0 Å². The van der Waals surface area contributed by atoms with E-state index in [4.69, 9.17) is 0 Å². The van der Waals surface area contributed by atoms with Gasteiger partial charge in [-0.15, -0.1) is 11.3 Å². The molecule has 1 aliphatic rings. The van der Waals surface area contributed by atoms with Gasteiger partial charge in [0.1, 0.15) is 5.01 Å². The highest BCUT2D eigenvalue weighted by molar-refractivity contribution is 7.09. The van der Waals surface area contributed by atoms with Gasteiger partial charge in [0.15, 0.2) is 0 Å². The van der Waals surface area contributed by atoms with Crippen molar-refractivity contribution in [2.24, 2.45) is 5.92 Å². The molecule has 4 heteroatoms. The van der Waals surface area contributed by atoms with Crippen LogP contribution in [0.2, 0.25) is 0 Å². The molecule has 1 aromatic heterocycles. The van der Waals surface area contributed by atoms with Crippen LogP contribution >= 0.6 is 11.3 Å². The minimum atomic E-state index is 0.472. The molecule has 0 bridgehead atoms. The highest BCUT2D eigenvalue weighted by Crippen LogP contribution is 2.25. The Bertz CT molecular complexity index is 320. The smallest absolute Gasteiger partial charge is 0.109 e. The van der Waals surface area contributed by atoms with E-state index in [1.807, 2.05) is 6.20 Å². The molecule has 1 aliphatic heterocycles. The van der Waals surface area contributed by atoms with Gasteiger partial charge in [0.05, 0.1) is 6.04 Å². The van der Waals surface area contributed by atoms with E-state index in [2.05, 4.69) is 34.4 Å². The van der Waals surface area contributed by atoms with Crippen LogP contribution < -0.4 is 5.32 Å². The summed E-state index contributed by atoms with van der Waals surface area (Å²) in [6.07, 6.45) is 5.79. The van der Waals surface area contributed by atoms with E-state index in [-0.39, 0.29) is 0 Å². The number of thiazole rings is 1. The Balaban J connectivity index is 1.93. The van der Waals surface area contributed by atoms with Crippen LogP contribution in [0.15, 0.2) is 11.6 Å². The molecule has 1 aromatic rings.